The number of para-hydroxylation sites is 2. The van der Waals surface area contributed by atoms with Gasteiger partial charge >= 0.3 is 0 Å². The van der Waals surface area contributed by atoms with Gasteiger partial charge in [-0.15, -0.1) is 0 Å². The van der Waals surface area contributed by atoms with E-state index in [0.717, 1.165) is 48.6 Å². The second-order valence-electron chi connectivity index (χ2n) is 6.50. The number of hydrogen-bond donors (Lipinski definition) is 2. The number of anilines is 1. The van der Waals surface area contributed by atoms with Crippen molar-refractivity contribution in [1.29, 1.82) is 0 Å². The SMILES string of the molecule is COc1ccccc1N1CCC(NCc2cn[nH]c2-c2cccnc2)C1. The summed E-state index contributed by atoms with van der Waals surface area (Å²) in [7, 11) is 1.73. The molecule has 6 nitrogen and oxygen atoms in total. The summed E-state index contributed by atoms with van der Waals surface area (Å²) in [5, 5.41) is 11.0. The minimum absolute atomic E-state index is 0.441. The molecule has 1 aromatic carbocycles. The summed E-state index contributed by atoms with van der Waals surface area (Å²) < 4.78 is 5.50. The molecule has 1 saturated heterocycles. The molecule has 1 aliphatic rings. The number of nitrogens with one attached hydrogen (secondary N) is 2. The molecule has 3 aromatic rings. The maximum Gasteiger partial charge on any atom is 0.142 e. The van der Waals surface area contributed by atoms with Crippen molar-refractivity contribution in [2.75, 3.05) is 25.1 Å². The summed E-state index contributed by atoms with van der Waals surface area (Å²) >= 11 is 0. The largest absolute Gasteiger partial charge is 0.495 e. The zero-order valence-corrected chi connectivity index (χ0v) is 14.9. The van der Waals surface area contributed by atoms with E-state index in [0.29, 0.717) is 6.04 Å². The fraction of sp³-hybridized carbons (Fsp3) is 0.300. The molecular formula is C20H23N5O. The zero-order valence-electron chi connectivity index (χ0n) is 14.9. The van der Waals surface area contributed by atoms with Gasteiger partial charge in [0.1, 0.15) is 5.75 Å². The summed E-state index contributed by atoms with van der Waals surface area (Å²) in [6.07, 6.45) is 6.64. The molecular weight excluding hydrogens is 326 g/mol. The van der Waals surface area contributed by atoms with Gasteiger partial charge in [0.2, 0.25) is 0 Å². The van der Waals surface area contributed by atoms with Crippen LogP contribution in [0, 0.1) is 0 Å². The van der Waals surface area contributed by atoms with E-state index in [4.69, 9.17) is 4.74 Å². The normalized spacial score (nSPS) is 16.8. The predicted octanol–water partition coefficient (Wildman–Crippen LogP) is 2.85. The number of aromatic nitrogens is 3. The smallest absolute Gasteiger partial charge is 0.142 e. The summed E-state index contributed by atoms with van der Waals surface area (Å²) in [4.78, 5) is 6.58. The Morgan fingerprint density at radius 3 is 3.00 bits per heavy atom. The lowest BCUT2D eigenvalue weighted by Gasteiger charge is -2.21. The van der Waals surface area contributed by atoms with E-state index in [2.05, 4.69) is 37.5 Å². The van der Waals surface area contributed by atoms with Crippen molar-refractivity contribution in [1.82, 2.24) is 20.5 Å². The third-order valence-corrected chi connectivity index (χ3v) is 4.86. The Bertz CT molecular complexity index is 848. The third-order valence-electron chi connectivity index (χ3n) is 4.86. The van der Waals surface area contributed by atoms with E-state index >= 15 is 0 Å². The lowest BCUT2D eigenvalue weighted by atomic mass is 10.1. The minimum Gasteiger partial charge on any atom is -0.495 e. The number of ether oxygens (including phenoxy) is 1. The van der Waals surface area contributed by atoms with E-state index in [1.807, 2.05) is 36.7 Å². The van der Waals surface area contributed by atoms with Crippen molar-refractivity contribution in [2.24, 2.45) is 0 Å². The van der Waals surface area contributed by atoms with Gasteiger partial charge in [-0.05, 0) is 30.7 Å². The number of benzene rings is 1. The predicted molar refractivity (Wildman–Crippen MR) is 102 cm³/mol. The Morgan fingerprint density at radius 2 is 2.15 bits per heavy atom. The summed E-state index contributed by atoms with van der Waals surface area (Å²) in [5.41, 5.74) is 4.42. The van der Waals surface area contributed by atoms with Gasteiger partial charge in [0.15, 0.2) is 0 Å². The van der Waals surface area contributed by atoms with E-state index in [9.17, 15) is 0 Å². The number of hydrogen-bond acceptors (Lipinski definition) is 5. The summed E-state index contributed by atoms with van der Waals surface area (Å²) in [6, 6.07) is 12.6. The first-order chi connectivity index (χ1) is 12.8. The van der Waals surface area contributed by atoms with Crippen molar-refractivity contribution in [3.63, 3.8) is 0 Å². The lowest BCUT2D eigenvalue weighted by Crippen LogP contribution is -2.32. The molecule has 1 unspecified atom stereocenters. The topological polar surface area (TPSA) is 66.1 Å². The maximum atomic E-state index is 5.50. The van der Waals surface area contributed by atoms with Crippen molar-refractivity contribution in [3.05, 3.63) is 60.6 Å². The molecule has 6 heteroatoms. The summed E-state index contributed by atoms with van der Waals surface area (Å²) in [5.74, 6) is 0.932. The number of rotatable bonds is 6. The van der Waals surface area contributed by atoms with E-state index in [1.54, 1.807) is 13.3 Å². The Kier molecular flexibility index (Phi) is 4.84. The fourth-order valence-corrected chi connectivity index (χ4v) is 3.50. The van der Waals surface area contributed by atoms with Gasteiger partial charge in [-0.3, -0.25) is 10.1 Å². The Labute approximate surface area is 153 Å². The van der Waals surface area contributed by atoms with Gasteiger partial charge in [-0.2, -0.15) is 5.10 Å². The highest BCUT2D eigenvalue weighted by molar-refractivity contribution is 5.61. The first-order valence-corrected chi connectivity index (χ1v) is 8.89. The Hall–Kier alpha value is -2.86. The van der Waals surface area contributed by atoms with Crippen LogP contribution >= 0.6 is 0 Å². The second-order valence-corrected chi connectivity index (χ2v) is 6.50. The fourth-order valence-electron chi connectivity index (χ4n) is 3.50. The highest BCUT2D eigenvalue weighted by atomic mass is 16.5. The zero-order chi connectivity index (χ0) is 17.8. The quantitative estimate of drug-likeness (QED) is 0.716. The van der Waals surface area contributed by atoms with Crippen molar-refractivity contribution in [2.45, 2.75) is 19.0 Å². The number of nitrogens with zero attached hydrogens (tertiary/aromatic N) is 3. The molecule has 0 aliphatic carbocycles. The van der Waals surface area contributed by atoms with Gasteiger partial charge in [0.25, 0.3) is 0 Å². The molecule has 0 spiro atoms. The molecule has 3 heterocycles. The lowest BCUT2D eigenvalue weighted by molar-refractivity contribution is 0.414. The van der Waals surface area contributed by atoms with Crippen LogP contribution in [0.25, 0.3) is 11.3 Å². The van der Waals surface area contributed by atoms with Gasteiger partial charge in [-0.1, -0.05) is 12.1 Å². The average Bonchev–Trinajstić information content (AvgIpc) is 3.36. The molecule has 26 heavy (non-hydrogen) atoms. The monoisotopic (exact) mass is 349 g/mol. The van der Waals surface area contributed by atoms with Gasteiger partial charge < -0.3 is 15.0 Å². The van der Waals surface area contributed by atoms with Crippen LogP contribution in [0.15, 0.2) is 55.0 Å². The number of aromatic amines is 1. The first-order valence-electron chi connectivity index (χ1n) is 8.89. The standard InChI is InChI=1S/C20H23N5O/c1-26-19-7-3-2-6-18(19)25-10-8-17(14-25)22-12-16-13-23-24-20(16)15-5-4-9-21-11-15/h2-7,9,11,13,17,22H,8,10,12,14H2,1H3,(H,23,24). The molecule has 4 rings (SSSR count). The van der Waals surface area contributed by atoms with Crippen LogP contribution in [-0.2, 0) is 6.54 Å². The van der Waals surface area contributed by atoms with Crippen LogP contribution in [0.5, 0.6) is 5.75 Å². The van der Waals surface area contributed by atoms with E-state index in [-0.39, 0.29) is 0 Å². The van der Waals surface area contributed by atoms with Crippen molar-refractivity contribution in [3.8, 4) is 17.0 Å². The molecule has 0 radical (unpaired) electrons. The number of methoxy groups -OCH3 is 1. The molecule has 1 aliphatic heterocycles. The van der Waals surface area contributed by atoms with E-state index in [1.165, 1.54) is 5.69 Å². The highest BCUT2D eigenvalue weighted by Crippen LogP contribution is 2.30. The number of pyridine rings is 1. The number of H-pyrrole nitrogens is 1. The van der Waals surface area contributed by atoms with Gasteiger partial charge in [0, 0.05) is 49.2 Å². The second kappa shape index (κ2) is 7.58. The molecule has 1 fully saturated rings. The third kappa shape index (κ3) is 3.41. The molecule has 2 N–H and O–H groups in total. The molecule has 0 saturated carbocycles. The molecule has 0 amide bonds. The van der Waals surface area contributed by atoms with Crippen LogP contribution in [-0.4, -0.2) is 41.4 Å². The maximum absolute atomic E-state index is 5.50. The molecule has 1 atom stereocenters. The Morgan fingerprint density at radius 1 is 1.23 bits per heavy atom. The van der Waals surface area contributed by atoms with Gasteiger partial charge in [0.05, 0.1) is 24.7 Å². The first kappa shape index (κ1) is 16.6. The van der Waals surface area contributed by atoms with Crippen LogP contribution < -0.4 is 15.0 Å². The average molecular weight is 349 g/mol. The summed E-state index contributed by atoms with van der Waals surface area (Å²) in [6.45, 7) is 2.78. The van der Waals surface area contributed by atoms with Crippen LogP contribution in [0.4, 0.5) is 5.69 Å². The highest BCUT2D eigenvalue weighted by Gasteiger charge is 2.24. The Balaban J connectivity index is 1.39. The minimum atomic E-state index is 0.441. The van der Waals surface area contributed by atoms with Crippen molar-refractivity contribution < 1.29 is 4.74 Å². The van der Waals surface area contributed by atoms with Crippen LogP contribution in [0.3, 0.4) is 0 Å². The van der Waals surface area contributed by atoms with Crippen molar-refractivity contribution >= 4 is 5.69 Å². The molecule has 0 bridgehead atoms. The van der Waals surface area contributed by atoms with Gasteiger partial charge in [-0.25, -0.2) is 0 Å². The van der Waals surface area contributed by atoms with Crippen LogP contribution in [0.1, 0.15) is 12.0 Å². The molecule has 2 aromatic heterocycles. The molecule has 134 valence electrons. The van der Waals surface area contributed by atoms with Crippen LogP contribution in [0.2, 0.25) is 0 Å². The van der Waals surface area contributed by atoms with E-state index < -0.39 is 0 Å².